The third-order valence-corrected chi connectivity index (χ3v) is 4.19. The van der Waals surface area contributed by atoms with E-state index in [1.54, 1.807) is 35.7 Å². The Hall–Kier alpha value is -2.19. The molecule has 2 aromatic rings. The van der Waals surface area contributed by atoms with Crippen molar-refractivity contribution in [2.45, 2.75) is 0 Å². The Morgan fingerprint density at radius 2 is 1.87 bits per heavy atom. The summed E-state index contributed by atoms with van der Waals surface area (Å²) in [6.07, 6.45) is 0. The Labute approximate surface area is 145 Å². The van der Waals surface area contributed by atoms with Gasteiger partial charge in [-0.3, -0.25) is 9.59 Å². The molecule has 120 valence electrons. The summed E-state index contributed by atoms with van der Waals surface area (Å²) in [5.74, 6) is -1.49. The van der Waals surface area contributed by atoms with Crippen molar-refractivity contribution in [3.05, 3.63) is 51.1 Å². The van der Waals surface area contributed by atoms with Crippen molar-refractivity contribution in [3.8, 4) is 0 Å². The number of thiophene rings is 1. The third-order valence-electron chi connectivity index (χ3n) is 2.65. The lowest BCUT2D eigenvalue weighted by atomic mass is 10.3. The van der Waals surface area contributed by atoms with Crippen molar-refractivity contribution < 1.29 is 19.1 Å². The average molecular weight is 397 g/mol. The van der Waals surface area contributed by atoms with E-state index in [4.69, 9.17) is 4.74 Å². The highest BCUT2D eigenvalue weighted by Gasteiger charge is 2.12. The Bertz CT molecular complexity index is 703. The Morgan fingerprint density at radius 3 is 2.57 bits per heavy atom. The van der Waals surface area contributed by atoms with E-state index in [1.807, 2.05) is 6.07 Å². The molecule has 1 aromatic carbocycles. The van der Waals surface area contributed by atoms with Crippen molar-refractivity contribution in [1.82, 2.24) is 5.32 Å². The van der Waals surface area contributed by atoms with Crippen LogP contribution in [0.25, 0.3) is 0 Å². The molecule has 0 fully saturated rings. The maximum absolute atomic E-state index is 11.7. The summed E-state index contributed by atoms with van der Waals surface area (Å²) in [6.45, 7) is -0.643. The molecule has 0 aliphatic rings. The minimum atomic E-state index is -0.562. The second-order valence-corrected chi connectivity index (χ2v) is 6.16. The van der Waals surface area contributed by atoms with Crippen molar-refractivity contribution >= 4 is 50.7 Å². The second kappa shape index (κ2) is 8.44. The number of para-hydroxylation sites is 1. The van der Waals surface area contributed by atoms with Gasteiger partial charge in [-0.15, -0.1) is 11.3 Å². The maximum Gasteiger partial charge on any atom is 0.348 e. The number of nitrogens with one attached hydrogen (secondary N) is 2. The molecule has 0 spiro atoms. The van der Waals surface area contributed by atoms with Gasteiger partial charge >= 0.3 is 5.97 Å². The first-order chi connectivity index (χ1) is 11.1. The third kappa shape index (κ3) is 5.50. The number of amides is 2. The molecule has 0 saturated carbocycles. The highest BCUT2D eigenvalue weighted by atomic mass is 79.9. The van der Waals surface area contributed by atoms with Crippen molar-refractivity contribution in [2.75, 3.05) is 18.5 Å². The molecule has 0 radical (unpaired) electrons. The number of hydrogen-bond acceptors (Lipinski definition) is 5. The lowest BCUT2D eigenvalue weighted by Gasteiger charge is -2.08. The van der Waals surface area contributed by atoms with Crippen LogP contribution in [-0.4, -0.2) is 30.9 Å². The van der Waals surface area contributed by atoms with Gasteiger partial charge in [0.2, 0.25) is 5.91 Å². The molecule has 23 heavy (non-hydrogen) atoms. The zero-order valence-corrected chi connectivity index (χ0v) is 14.3. The van der Waals surface area contributed by atoms with Gasteiger partial charge in [-0.2, -0.15) is 0 Å². The summed E-state index contributed by atoms with van der Waals surface area (Å²) in [4.78, 5) is 35.3. The first-order valence-corrected chi connectivity index (χ1v) is 8.25. The minimum absolute atomic E-state index is 0.212. The second-order valence-electron chi connectivity index (χ2n) is 4.36. The van der Waals surface area contributed by atoms with E-state index in [0.717, 1.165) is 4.47 Å². The smallest absolute Gasteiger partial charge is 0.348 e. The predicted octanol–water partition coefficient (Wildman–Crippen LogP) is 2.42. The highest BCUT2D eigenvalue weighted by molar-refractivity contribution is 9.10. The standard InChI is InChI=1S/C15H13BrN2O4S/c16-10-4-1-2-5-11(10)18-13(19)8-17-14(20)9-22-15(21)12-6-3-7-23-12/h1-7H,8-9H2,(H,17,20)(H,18,19). The molecule has 0 aliphatic carbocycles. The van der Waals surface area contributed by atoms with Gasteiger partial charge < -0.3 is 15.4 Å². The molecule has 0 bridgehead atoms. The summed E-state index contributed by atoms with van der Waals surface area (Å²) in [5.41, 5.74) is 0.607. The molecule has 2 N–H and O–H groups in total. The van der Waals surface area contributed by atoms with Gasteiger partial charge in [-0.25, -0.2) is 4.79 Å². The lowest BCUT2D eigenvalue weighted by Crippen LogP contribution is -2.35. The zero-order chi connectivity index (χ0) is 16.7. The largest absolute Gasteiger partial charge is 0.451 e. The van der Waals surface area contributed by atoms with E-state index in [9.17, 15) is 14.4 Å². The van der Waals surface area contributed by atoms with Gasteiger partial charge in [-0.1, -0.05) is 18.2 Å². The number of carbonyl (C=O) groups excluding carboxylic acids is 3. The molecule has 1 heterocycles. The number of anilines is 1. The molecule has 2 rings (SSSR count). The Kier molecular flexibility index (Phi) is 6.30. The van der Waals surface area contributed by atoms with Gasteiger partial charge in [0, 0.05) is 4.47 Å². The van der Waals surface area contributed by atoms with Crippen LogP contribution in [0.3, 0.4) is 0 Å². The van der Waals surface area contributed by atoms with Crippen LogP contribution in [0.1, 0.15) is 9.67 Å². The van der Waals surface area contributed by atoms with E-state index in [-0.39, 0.29) is 12.5 Å². The van der Waals surface area contributed by atoms with Crippen LogP contribution in [0.2, 0.25) is 0 Å². The van der Waals surface area contributed by atoms with E-state index >= 15 is 0 Å². The highest BCUT2D eigenvalue weighted by Crippen LogP contribution is 2.20. The quantitative estimate of drug-likeness (QED) is 0.734. The molecule has 2 amide bonds. The molecule has 0 unspecified atom stereocenters. The van der Waals surface area contributed by atoms with E-state index in [1.165, 1.54) is 11.3 Å². The number of rotatable bonds is 6. The minimum Gasteiger partial charge on any atom is -0.451 e. The van der Waals surface area contributed by atoms with Crippen LogP contribution < -0.4 is 10.6 Å². The average Bonchev–Trinajstić information content (AvgIpc) is 3.07. The van der Waals surface area contributed by atoms with Crippen molar-refractivity contribution in [1.29, 1.82) is 0 Å². The van der Waals surface area contributed by atoms with Crippen LogP contribution in [0.5, 0.6) is 0 Å². The summed E-state index contributed by atoms with van der Waals surface area (Å²) in [6, 6.07) is 10.4. The fourth-order valence-corrected chi connectivity index (χ4v) is 2.58. The molecule has 0 atom stereocenters. The number of hydrogen-bond donors (Lipinski definition) is 2. The summed E-state index contributed by atoms with van der Waals surface area (Å²) >= 11 is 4.53. The first kappa shape index (κ1) is 17.2. The Morgan fingerprint density at radius 1 is 1.09 bits per heavy atom. The number of ether oxygens (including phenoxy) is 1. The molecular weight excluding hydrogens is 384 g/mol. The van der Waals surface area contributed by atoms with Crippen LogP contribution in [0.4, 0.5) is 5.69 Å². The van der Waals surface area contributed by atoms with Gasteiger partial charge in [0.25, 0.3) is 5.91 Å². The number of benzene rings is 1. The van der Waals surface area contributed by atoms with Crippen molar-refractivity contribution in [3.63, 3.8) is 0 Å². The molecule has 0 aliphatic heterocycles. The molecule has 8 heteroatoms. The van der Waals surface area contributed by atoms with E-state index in [2.05, 4.69) is 26.6 Å². The van der Waals surface area contributed by atoms with Gasteiger partial charge in [-0.05, 0) is 39.5 Å². The summed E-state index contributed by atoms with van der Waals surface area (Å²) in [7, 11) is 0. The van der Waals surface area contributed by atoms with Gasteiger partial charge in [0.15, 0.2) is 6.61 Å². The van der Waals surface area contributed by atoms with Crippen LogP contribution in [0, 0.1) is 0 Å². The van der Waals surface area contributed by atoms with Gasteiger partial charge in [0.05, 0.1) is 12.2 Å². The van der Waals surface area contributed by atoms with E-state index in [0.29, 0.717) is 10.6 Å². The summed E-state index contributed by atoms with van der Waals surface area (Å²) in [5, 5.41) is 6.77. The molecule has 1 aromatic heterocycles. The van der Waals surface area contributed by atoms with Crippen LogP contribution >= 0.6 is 27.3 Å². The number of esters is 1. The molecule has 6 nitrogen and oxygen atoms in total. The molecule has 0 saturated heterocycles. The van der Waals surface area contributed by atoms with Gasteiger partial charge in [0.1, 0.15) is 4.88 Å². The first-order valence-electron chi connectivity index (χ1n) is 6.58. The zero-order valence-electron chi connectivity index (χ0n) is 11.9. The fraction of sp³-hybridized carbons (Fsp3) is 0.133. The monoisotopic (exact) mass is 396 g/mol. The SMILES string of the molecule is O=C(COC(=O)c1cccs1)NCC(=O)Nc1ccccc1Br. The van der Waals surface area contributed by atoms with Crippen LogP contribution in [0.15, 0.2) is 46.3 Å². The Balaban J connectivity index is 1.71. The summed E-state index contributed by atoms with van der Waals surface area (Å²) < 4.78 is 5.58. The normalized spacial score (nSPS) is 9.96. The van der Waals surface area contributed by atoms with Crippen LogP contribution in [-0.2, 0) is 14.3 Å². The maximum atomic E-state index is 11.7. The lowest BCUT2D eigenvalue weighted by molar-refractivity contribution is -0.126. The number of halogens is 1. The number of carbonyl (C=O) groups is 3. The van der Waals surface area contributed by atoms with Crippen molar-refractivity contribution in [2.24, 2.45) is 0 Å². The topological polar surface area (TPSA) is 84.5 Å². The fourth-order valence-electron chi connectivity index (χ4n) is 1.58. The predicted molar refractivity (Wildman–Crippen MR) is 90.4 cm³/mol. The van der Waals surface area contributed by atoms with E-state index < -0.39 is 18.5 Å². The molecular formula is C15H13BrN2O4S.